The molecular formula is C16H27NO3. The molecule has 2 aliphatic rings. The third-order valence-corrected chi connectivity index (χ3v) is 5.03. The highest BCUT2D eigenvalue weighted by Gasteiger charge is 2.35. The van der Waals surface area contributed by atoms with E-state index < -0.39 is 5.97 Å². The van der Waals surface area contributed by atoms with Crippen molar-refractivity contribution in [1.82, 2.24) is 4.90 Å². The van der Waals surface area contributed by atoms with E-state index in [0.29, 0.717) is 18.2 Å². The number of hydrogen-bond acceptors (Lipinski definition) is 2. The van der Waals surface area contributed by atoms with E-state index in [9.17, 15) is 9.59 Å². The first-order chi connectivity index (χ1) is 9.59. The Morgan fingerprint density at radius 2 is 1.80 bits per heavy atom. The first-order valence-electron chi connectivity index (χ1n) is 8.12. The summed E-state index contributed by atoms with van der Waals surface area (Å²) in [6.07, 6.45) is 8.52. The van der Waals surface area contributed by atoms with E-state index >= 15 is 0 Å². The second kappa shape index (κ2) is 7.09. The van der Waals surface area contributed by atoms with Crippen molar-refractivity contribution in [2.75, 3.05) is 6.54 Å². The average molecular weight is 281 g/mol. The molecule has 0 bridgehead atoms. The summed E-state index contributed by atoms with van der Waals surface area (Å²) in [4.78, 5) is 25.6. The summed E-state index contributed by atoms with van der Waals surface area (Å²) >= 11 is 0. The average Bonchev–Trinajstić information content (AvgIpc) is 2.45. The van der Waals surface area contributed by atoms with Crippen LogP contribution in [0, 0.1) is 11.8 Å². The SMILES string of the molecule is CC1CCCCC1C(=O)N1CCCCC1CCC(=O)O. The standard InChI is InChI=1S/C16H27NO3/c1-12-6-2-3-8-14(12)16(20)17-11-5-4-7-13(17)9-10-15(18)19/h12-14H,2-11H2,1H3,(H,18,19). The van der Waals surface area contributed by atoms with Gasteiger partial charge in [-0.3, -0.25) is 9.59 Å². The first kappa shape index (κ1) is 15.3. The maximum Gasteiger partial charge on any atom is 0.303 e. The second-order valence-corrected chi connectivity index (χ2v) is 6.48. The lowest BCUT2D eigenvalue weighted by atomic mass is 9.79. The van der Waals surface area contributed by atoms with E-state index in [0.717, 1.165) is 45.1 Å². The highest BCUT2D eigenvalue weighted by atomic mass is 16.4. The molecule has 0 radical (unpaired) electrons. The van der Waals surface area contributed by atoms with Crippen LogP contribution in [0.2, 0.25) is 0 Å². The largest absolute Gasteiger partial charge is 0.481 e. The van der Waals surface area contributed by atoms with Crippen molar-refractivity contribution in [1.29, 1.82) is 0 Å². The molecule has 4 nitrogen and oxygen atoms in total. The molecule has 1 saturated carbocycles. The van der Waals surface area contributed by atoms with Crippen LogP contribution in [0.3, 0.4) is 0 Å². The molecule has 0 aromatic carbocycles. The number of nitrogens with zero attached hydrogens (tertiary/aromatic N) is 1. The van der Waals surface area contributed by atoms with Gasteiger partial charge in [-0.2, -0.15) is 0 Å². The fourth-order valence-corrected chi connectivity index (χ4v) is 3.78. The van der Waals surface area contributed by atoms with Crippen molar-refractivity contribution in [2.45, 2.75) is 70.8 Å². The summed E-state index contributed by atoms with van der Waals surface area (Å²) < 4.78 is 0. The van der Waals surface area contributed by atoms with Crippen LogP contribution in [0.25, 0.3) is 0 Å². The molecule has 1 N–H and O–H groups in total. The van der Waals surface area contributed by atoms with Crippen LogP contribution < -0.4 is 0 Å². The van der Waals surface area contributed by atoms with E-state index in [1.807, 2.05) is 4.90 Å². The molecule has 1 heterocycles. The summed E-state index contributed by atoms with van der Waals surface area (Å²) in [5, 5.41) is 8.86. The number of hydrogen-bond donors (Lipinski definition) is 1. The Labute approximate surface area is 121 Å². The van der Waals surface area contributed by atoms with E-state index in [2.05, 4.69) is 6.92 Å². The zero-order valence-corrected chi connectivity index (χ0v) is 12.5. The van der Waals surface area contributed by atoms with Crippen LogP contribution in [-0.4, -0.2) is 34.5 Å². The van der Waals surface area contributed by atoms with Gasteiger partial charge in [0.25, 0.3) is 0 Å². The molecular weight excluding hydrogens is 254 g/mol. The molecule has 0 aromatic rings. The summed E-state index contributed by atoms with van der Waals surface area (Å²) in [6.45, 7) is 3.02. The van der Waals surface area contributed by atoms with Crippen LogP contribution in [0.5, 0.6) is 0 Å². The van der Waals surface area contributed by atoms with Crippen LogP contribution >= 0.6 is 0 Å². The molecule has 0 spiro atoms. The predicted octanol–water partition coefficient (Wildman–Crippen LogP) is 3.06. The van der Waals surface area contributed by atoms with Gasteiger partial charge in [0.15, 0.2) is 0 Å². The molecule has 1 amide bonds. The van der Waals surface area contributed by atoms with Gasteiger partial charge in [0.2, 0.25) is 5.91 Å². The highest BCUT2D eigenvalue weighted by Crippen LogP contribution is 2.33. The number of carbonyl (C=O) groups excluding carboxylic acids is 1. The minimum Gasteiger partial charge on any atom is -0.481 e. The Balaban J connectivity index is 1.98. The smallest absolute Gasteiger partial charge is 0.303 e. The van der Waals surface area contributed by atoms with Gasteiger partial charge >= 0.3 is 5.97 Å². The lowest BCUT2D eigenvalue weighted by Crippen LogP contribution is -2.48. The summed E-state index contributed by atoms with van der Waals surface area (Å²) in [5.41, 5.74) is 0. The fourth-order valence-electron chi connectivity index (χ4n) is 3.78. The van der Waals surface area contributed by atoms with Gasteiger partial charge in [0, 0.05) is 24.9 Å². The molecule has 2 fully saturated rings. The molecule has 1 aliphatic heterocycles. The van der Waals surface area contributed by atoms with Gasteiger partial charge in [0.05, 0.1) is 0 Å². The number of carboxylic acids is 1. The normalized spacial score (nSPS) is 31.1. The Morgan fingerprint density at radius 1 is 1.10 bits per heavy atom. The molecule has 20 heavy (non-hydrogen) atoms. The van der Waals surface area contributed by atoms with Crippen molar-refractivity contribution >= 4 is 11.9 Å². The molecule has 3 atom stereocenters. The number of likely N-dealkylation sites (tertiary alicyclic amines) is 1. The first-order valence-corrected chi connectivity index (χ1v) is 8.12. The zero-order chi connectivity index (χ0) is 14.5. The summed E-state index contributed by atoms with van der Waals surface area (Å²) in [5.74, 6) is 0.203. The number of rotatable bonds is 4. The molecule has 3 unspecified atom stereocenters. The highest BCUT2D eigenvalue weighted by molar-refractivity contribution is 5.79. The molecule has 114 valence electrons. The predicted molar refractivity (Wildman–Crippen MR) is 77.3 cm³/mol. The zero-order valence-electron chi connectivity index (χ0n) is 12.5. The van der Waals surface area contributed by atoms with Crippen molar-refractivity contribution in [3.8, 4) is 0 Å². The minimum atomic E-state index is -0.756. The van der Waals surface area contributed by atoms with Crippen molar-refractivity contribution in [3.05, 3.63) is 0 Å². The minimum absolute atomic E-state index is 0.154. The quantitative estimate of drug-likeness (QED) is 0.861. The lowest BCUT2D eigenvalue weighted by Gasteiger charge is -2.40. The molecule has 0 aromatic heterocycles. The number of carbonyl (C=O) groups is 2. The van der Waals surface area contributed by atoms with Crippen molar-refractivity contribution in [2.24, 2.45) is 11.8 Å². The van der Waals surface area contributed by atoms with E-state index in [-0.39, 0.29) is 18.4 Å². The van der Waals surface area contributed by atoms with E-state index in [1.165, 1.54) is 6.42 Å². The monoisotopic (exact) mass is 281 g/mol. The van der Waals surface area contributed by atoms with Gasteiger partial charge in [0.1, 0.15) is 0 Å². The molecule has 4 heteroatoms. The third kappa shape index (κ3) is 3.74. The van der Waals surface area contributed by atoms with Crippen molar-refractivity contribution in [3.63, 3.8) is 0 Å². The lowest BCUT2D eigenvalue weighted by molar-refractivity contribution is -0.144. The second-order valence-electron chi connectivity index (χ2n) is 6.48. The van der Waals surface area contributed by atoms with Gasteiger partial charge in [-0.25, -0.2) is 0 Å². The molecule has 1 aliphatic carbocycles. The topological polar surface area (TPSA) is 57.6 Å². The Hall–Kier alpha value is -1.06. The number of amides is 1. The van der Waals surface area contributed by atoms with Crippen LogP contribution in [-0.2, 0) is 9.59 Å². The number of aliphatic carboxylic acids is 1. The fraction of sp³-hybridized carbons (Fsp3) is 0.875. The van der Waals surface area contributed by atoms with Crippen LogP contribution in [0.15, 0.2) is 0 Å². The molecule has 1 saturated heterocycles. The summed E-state index contributed by atoms with van der Waals surface area (Å²) in [7, 11) is 0. The maximum atomic E-state index is 12.8. The van der Waals surface area contributed by atoms with E-state index in [1.54, 1.807) is 0 Å². The van der Waals surface area contributed by atoms with Gasteiger partial charge < -0.3 is 10.0 Å². The Morgan fingerprint density at radius 3 is 2.50 bits per heavy atom. The van der Waals surface area contributed by atoms with Crippen LogP contribution in [0.1, 0.15) is 64.7 Å². The number of piperidine rings is 1. The Bertz CT molecular complexity index is 356. The number of carboxylic acid groups (broad SMARTS) is 1. The van der Waals surface area contributed by atoms with Gasteiger partial charge in [-0.05, 0) is 44.4 Å². The third-order valence-electron chi connectivity index (χ3n) is 5.03. The Kier molecular flexibility index (Phi) is 5.44. The van der Waals surface area contributed by atoms with Gasteiger partial charge in [-0.1, -0.05) is 19.8 Å². The van der Waals surface area contributed by atoms with Gasteiger partial charge in [-0.15, -0.1) is 0 Å². The van der Waals surface area contributed by atoms with Crippen LogP contribution in [0.4, 0.5) is 0 Å². The van der Waals surface area contributed by atoms with E-state index in [4.69, 9.17) is 5.11 Å². The summed E-state index contributed by atoms with van der Waals surface area (Å²) in [6, 6.07) is 0.154. The van der Waals surface area contributed by atoms with Crippen molar-refractivity contribution < 1.29 is 14.7 Å². The maximum absolute atomic E-state index is 12.8. The molecule has 2 rings (SSSR count).